The van der Waals surface area contributed by atoms with Crippen LogP contribution in [0.15, 0.2) is 57.3 Å². The van der Waals surface area contributed by atoms with E-state index in [1.807, 2.05) is 36.4 Å². The monoisotopic (exact) mass is 374 g/mol. The summed E-state index contributed by atoms with van der Waals surface area (Å²) >= 11 is 8.70. The lowest BCUT2D eigenvalue weighted by Gasteiger charge is -2.11. The van der Waals surface area contributed by atoms with E-state index in [0.717, 1.165) is 15.9 Å². The molecule has 0 unspecified atom stereocenters. The summed E-state index contributed by atoms with van der Waals surface area (Å²) in [6.07, 6.45) is 4.20. The lowest BCUT2D eigenvalue weighted by Crippen LogP contribution is -2.21. The minimum Gasteiger partial charge on any atom is -0.268 e. The van der Waals surface area contributed by atoms with Gasteiger partial charge in [0, 0.05) is 11.3 Å². The highest BCUT2D eigenvalue weighted by Gasteiger charge is 2.29. The van der Waals surface area contributed by atoms with Crippen molar-refractivity contribution in [3.05, 3.63) is 63.2 Å². The van der Waals surface area contributed by atoms with Crippen molar-refractivity contribution in [1.82, 2.24) is 9.55 Å². The number of thiophene rings is 1. The van der Waals surface area contributed by atoms with Crippen molar-refractivity contribution in [3.8, 4) is 5.69 Å². The Kier molecular flexibility index (Phi) is 4.48. The summed E-state index contributed by atoms with van der Waals surface area (Å²) in [5.74, 6) is 1.21. The van der Waals surface area contributed by atoms with E-state index in [1.165, 1.54) is 35.7 Å². The topological polar surface area (TPSA) is 34.9 Å². The van der Waals surface area contributed by atoms with Crippen LogP contribution in [-0.4, -0.2) is 15.3 Å². The molecule has 0 saturated heterocycles. The van der Waals surface area contributed by atoms with Gasteiger partial charge in [0.15, 0.2) is 5.16 Å². The predicted octanol–water partition coefficient (Wildman–Crippen LogP) is 5.17. The third-order valence-corrected chi connectivity index (χ3v) is 5.99. The molecular formula is C18H15ClN2OS2. The van der Waals surface area contributed by atoms with Gasteiger partial charge < -0.3 is 0 Å². The van der Waals surface area contributed by atoms with Crippen molar-refractivity contribution in [1.29, 1.82) is 0 Å². The molecular weight excluding hydrogens is 360 g/mol. The number of para-hydroxylation sites is 1. The van der Waals surface area contributed by atoms with Gasteiger partial charge in [-0.25, -0.2) is 4.98 Å². The maximum Gasteiger partial charge on any atom is 0.267 e. The molecule has 0 spiro atoms. The fourth-order valence-electron chi connectivity index (χ4n) is 2.75. The van der Waals surface area contributed by atoms with E-state index >= 15 is 0 Å². The normalized spacial score (nSPS) is 14.7. The maximum absolute atomic E-state index is 13.3. The smallest absolute Gasteiger partial charge is 0.267 e. The molecule has 1 aliphatic carbocycles. The second-order valence-corrected chi connectivity index (χ2v) is 7.79. The van der Waals surface area contributed by atoms with Gasteiger partial charge in [0.05, 0.1) is 11.1 Å². The van der Waals surface area contributed by atoms with E-state index in [-0.39, 0.29) is 5.56 Å². The summed E-state index contributed by atoms with van der Waals surface area (Å²) in [6.45, 7) is 0. The standard InChI is InChI=1S/C18H15ClN2OS2/c19-9-4-10-23-18-20-16-15(14(11-24-16)12-7-8-12)17(22)21(18)13-5-2-1-3-6-13/h1-6,9,11-12H,7-8,10H2/b9-4+. The molecule has 2 heterocycles. The van der Waals surface area contributed by atoms with Crippen molar-refractivity contribution in [2.24, 2.45) is 0 Å². The summed E-state index contributed by atoms with van der Waals surface area (Å²) in [5.41, 5.74) is 3.55. The first-order valence-corrected chi connectivity index (χ1v) is 10.1. The number of thioether (sulfide) groups is 1. The third kappa shape index (κ3) is 2.92. The molecule has 0 bridgehead atoms. The first kappa shape index (κ1) is 15.9. The van der Waals surface area contributed by atoms with Gasteiger partial charge in [-0.1, -0.05) is 47.6 Å². The van der Waals surface area contributed by atoms with Crippen molar-refractivity contribution < 1.29 is 0 Å². The molecule has 1 aliphatic rings. The van der Waals surface area contributed by atoms with Crippen LogP contribution in [0.1, 0.15) is 24.3 Å². The summed E-state index contributed by atoms with van der Waals surface area (Å²) in [6, 6.07) is 9.71. The Morgan fingerprint density at radius 1 is 1.33 bits per heavy atom. The SMILES string of the molecule is O=c1c2c(C3CC3)csc2nc(SC/C=C/Cl)n1-c1ccccc1. The molecule has 24 heavy (non-hydrogen) atoms. The van der Waals surface area contributed by atoms with Crippen molar-refractivity contribution in [2.45, 2.75) is 23.9 Å². The molecule has 1 saturated carbocycles. The zero-order chi connectivity index (χ0) is 16.5. The van der Waals surface area contributed by atoms with Crippen molar-refractivity contribution in [3.63, 3.8) is 0 Å². The van der Waals surface area contributed by atoms with Crippen LogP contribution in [-0.2, 0) is 0 Å². The molecule has 122 valence electrons. The molecule has 2 aromatic heterocycles. The molecule has 1 fully saturated rings. The Bertz CT molecular complexity index is 958. The summed E-state index contributed by atoms with van der Waals surface area (Å²) in [7, 11) is 0. The first-order valence-electron chi connectivity index (χ1n) is 7.77. The number of aromatic nitrogens is 2. The quantitative estimate of drug-likeness (QED) is 0.456. The van der Waals surface area contributed by atoms with Crippen LogP contribution in [0.25, 0.3) is 15.9 Å². The molecule has 0 N–H and O–H groups in total. The van der Waals surface area contributed by atoms with E-state index in [2.05, 4.69) is 5.38 Å². The van der Waals surface area contributed by atoms with Gasteiger partial charge in [0.1, 0.15) is 4.83 Å². The lowest BCUT2D eigenvalue weighted by molar-refractivity contribution is 0.822. The fraction of sp³-hybridized carbons (Fsp3) is 0.222. The van der Waals surface area contributed by atoms with Crippen LogP contribution >= 0.6 is 34.7 Å². The number of rotatable bonds is 5. The number of halogens is 1. The summed E-state index contributed by atoms with van der Waals surface area (Å²) in [4.78, 5) is 18.9. The number of hydrogen-bond acceptors (Lipinski definition) is 4. The number of nitrogens with zero attached hydrogens (tertiary/aromatic N) is 2. The molecule has 0 amide bonds. The van der Waals surface area contributed by atoms with Crippen LogP contribution in [0.5, 0.6) is 0 Å². The molecule has 0 atom stereocenters. The average molecular weight is 375 g/mol. The Hall–Kier alpha value is -1.56. The van der Waals surface area contributed by atoms with Gasteiger partial charge in [-0.2, -0.15) is 0 Å². The molecule has 4 rings (SSSR count). The molecule has 6 heteroatoms. The van der Waals surface area contributed by atoms with Crippen molar-refractivity contribution in [2.75, 3.05) is 5.75 Å². The zero-order valence-electron chi connectivity index (χ0n) is 12.8. The average Bonchev–Trinajstić information content (AvgIpc) is 3.36. The summed E-state index contributed by atoms with van der Waals surface area (Å²) in [5, 5.41) is 3.61. The molecule has 1 aromatic carbocycles. The second kappa shape index (κ2) is 6.75. The van der Waals surface area contributed by atoms with Gasteiger partial charge in [0.25, 0.3) is 5.56 Å². The highest BCUT2D eigenvalue weighted by molar-refractivity contribution is 7.99. The van der Waals surface area contributed by atoms with Gasteiger partial charge in [-0.05, 0) is 41.8 Å². The second-order valence-electron chi connectivity index (χ2n) is 5.69. The fourth-order valence-corrected chi connectivity index (χ4v) is 4.83. The van der Waals surface area contributed by atoms with E-state index in [4.69, 9.17) is 16.6 Å². The highest BCUT2D eigenvalue weighted by Crippen LogP contribution is 2.44. The lowest BCUT2D eigenvalue weighted by atomic mass is 10.1. The number of benzene rings is 1. The van der Waals surface area contributed by atoms with E-state index in [1.54, 1.807) is 15.9 Å². The van der Waals surface area contributed by atoms with Crippen LogP contribution < -0.4 is 5.56 Å². The number of hydrogen-bond donors (Lipinski definition) is 0. The zero-order valence-corrected chi connectivity index (χ0v) is 15.2. The highest BCUT2D eigenvalue weighted by atomic mass is 35.5. The van der Waals surface area contributed by atoms with Crippen LogP contribution in [0, 0.1) is 0 Å². The Morgan fingerprint density at radius 3 is 2.83 bits per heavy atom. The van der Waals surface area contributed by atoms with E-state index in [0.29, 0.717) is 16.8 Å². The van der Waals surface area contributed by atoms with Crippen LogP contribution in [0.3, 0.4) is 0 Å². The van der Waals surface area contributed by atoms with Crippen LogP contribution in [0.4, 0.5) is 0 Å². The van der Waals surface area contributed by atoms with Gasteiger partial charge >= 0.3 is 0 Å². The van der Waals surface area contributed by atoms with Crippen molar-refractivity contribution >= 4 is 44.9 Å². The molecule has 0 radical (unpaired) electrons. The minimum absolute atomic E-state index is 0.0340. The first-order chi connectivity index (χ1) is 11.8. The molecule has 0 aliphatic heterocycles. The van der Waals surface area contributed by atoms with Crippen LogP contribution in [0.2, 0.25) is 0 Å². The Morgan fingerprint density at radius 2 is 2.12 bits per heavy atom. The Labute approximate surface area is 153 Å². The summed E-state index contributed by atoms with van der Waals surface area (Å²) < 4.78 is 1.73. The third-order valence-electron chi connectivity index (χ3n) is 4.03. The molecule has 3 nitrogen and oxygen atoms in total. The van der Waals surface area contributed by atoms with E-state index < -0.39 is 0 Å². The Balaban J connectivity index is 1.94. The van der Waals surface area contributed by atoms with E-state index in [9.17, 15) is 4.79 Å². The largest absolute Gasteiger partial charge is 0.268 e. The maximum atomic E-state index is 13.3. The van der Waals surface area contributed by atoms with Gasteiger partial charge in [-0.3, -0.25) is 9.36 Å². The minimum atomic E-state index is 0.0340. The van der Waals surface area contributed by atoms with Gasteiger partial charge in [0.2, 0.25) is 0 Å². The number of fused-ring (bicyclic) bond motifs is 1. The predicted molar refractivity (Wildman–Crippen MR) is 103 cm³/mol. The van der Waals surface area contributed by atoms with Gasteiger partial charge in [-0.15, -0.1) is 11.3 Å². The molecule has 3 aromatic rings.